The van der Waals surface area contributed by atoms with Crippen molar-refractivity contribution in [3.05, 3.63) is 83.0 Å². The molecule has 0 bridgehead atoms. The maximum atomic E-state index is 13.5. The first-order chi connectivity index (χ1) is 15.0. The first-order valence-electron chi connectivity index (χ1n) is 10.2. The smallest absolute Gasteiger partial charge is 0.236 e. The minimum absolute atomic E-state index is 0.207. The third-order valence-corrected chi connectivity index (χ3v) is 7.40. The molecule has 31 heavy (non-hydrogen) atoms. The maximum Gasteiger partial charge on any atom is 0.269 e. The Labute approximate surface area is 186 Å². The summed E-state index contributed by atoms with van der Waals surface area (Å²) in [4.78, 5) is 4.57. The van der Waals surface area contributed by atoms with Gasteiger partial charge >= 0.3 is 0 Å². The molecule has 0 saturated carbocycles. The van der Waals surface area contributed by atoms with Crippen molar-refractivity contribution in [2.45, 2.75) is 30.6 Å². The van der Waals surface area contributed by atoms with Crippen molar-refractivity contribution in [3.63, 3.8) is 0 Å². The molecule has 0 atom stereocenters. The molecule has 0 aliphatic heterocycles. The van der Waals surface area contributed by atoms with Gasteiger partial charge in [-0.1, -0.05) is 47.7 Å². The first kappa shape index (κ1) is 19.9. The molecule has 4 nitrogen and oxygen atoms in total. The maximum absolute atomic E-state index is 13.5. The van der Waals surface area contributed by atoms with Gasteiger partial charge in [-0.25, -0.2) is 17.4 Å². The molecule has 0 saturated heterocycles. The molecule has 0 spiro atoms. The SMILES string of the molecule is O=S(=O)(c1ccccc1)n1c2ccc(C#CC3=CCCCC3)cc2c2cc(Cl)cnc21. The van der Waals surface area contributed by atoms with Crippen LogP contribution in [0.25, 0.3) is 21.9 Å². The van der Waals surface area contributed by atoms with Crippen molar-refractivity contribution in [2.75, 3.05) is 0 Å². The van der Waals surface area contributed by atoms with Gasteiger partial charge in [-0.05, 0) is 67.7 Å². The summed E-state index contributed by atoms with van der Waals surface area (Å²) < 4.78 is 28.3. The van der Waals surface area contributed by atoms with E-state index in [0.29, 0.717) is 21.6 Å². The van der Waals surface area contributed by atoms with Crippen LogP contribution in [0.1, 0.15) is 31.2 Å². The summed E-state index contributed by atoms with van der Waals surface area (Å²) in [6.45, 7) is 0. The highest BCUT2D eigenvalue weighted by molar-refractivity contribution is 7.90. The van der Waals surface area contributed by atoms with Crippen LogP contribution < -0.4 is 0 Å². The average molecular weight is 447 g/mol. The Morgan fingerprint density at radius 1 is 0.968 bits per heavy atom. The number of aromatic nitrogens is 2. The van der Waals surface area contributed by atoms with Crippen LogP contribution in [0.15, 0.2) is 77.3 Å². The number of benzene rings is 2. The molecule has 1 aliphatic carbocycles. The Bertz CT molecular complexity index is 1510. The van der Waals surface area contributed by atoms with Gasteiger partial charge in [0.1, 0.15) is 0 Å². The molecule has 0 amide bonds. The second kappa shape index (κ2) is 7.88. The van der Waals surface area contributed by atoms with Crippen molar-refractivity contribution in [1.82, 2.24) is 8.96 Å². The summed E-state index contributed by atoms with van der Waals surface area (Å²) in [5.41, 5.74) is 2.90. The van der Waals surface area contributed by atoms with Crippen LogP contribution in [0, 0.1) is 11.8 Å². The van der Waals surface area contributed by atoms with Gasteiger partial charge in [0.15, 0.2) is 5.65 Å². The quantitative estimate of drug-likeness (QED) is 0.358. The molecule has 6 heteroatoms. The summed E-state index contributed by atoms with van der Waals surface area (Å²) in [7, 11) is -3.84. The lowest BCUT2D eigenvalue weighted by molar-refractivity contribution is 0.590. The number of rotatable bonds is 2. The van der Waals surface area contributed by atoms with Crippen molar-refractivity contribution in [3.8, 4) is 11.8 Å². The highest BCUT2D eigenvalue weighted by atomic mass is 35.5. The second-order valence-electron chi connectivity index (χ2n) is 7.56. The van der Waals surface area contributed by atoms with Crippen LogP contribution in [0.2, 0.25) is 5.02 Å². The predicted molar refractivity (Wildman–Crippen MR) is 125 cm³/mol. The third-order valence-electron chi connectivity index (χ3n) is 5.47. The van der Waals surface area contributed by atoms with E-state index >= 15 is 0 Å². The Kier molecular flexibility index (Phi) is 5.05. The fourth-order valence-corrected chi connectivity index (χ4v) is 5.62. The van der Waals surface area contributed by atoms with Crippen LogP contribution in [0.4, 0.5) is 0 Å². The normalized spacial score (nSPS) is 14.3. The lowest BCUT2D eigenvalue weighted by Gasteiger charge is -2.08. The average Bonchev–Trinajstić information content (AvgIpc) is 3.12. The van der Waals surface area contributed by atoms with Gasteiger partial charge in [0, 0.05) is 22.5 Å². The van der Waals surface area contributed by atoms with Crippen molar-refractivity contribution >= 4 is 43.6 Å². The molecule has 2 aromatic carbocycles. The Balaban J connectivity index is 1.73. The van der Waals surface area contributed by atoms with E-state index in [4.69, 9.17) is 11.6 Å². The van der Waals surface area contributed by atoms with E-state index in [-0.39, 0.29) is 4.90 Å². The highest BCUT2D eigenvalue weighted by Gasteiger charge is 2.24. The number of hydrogen-bond donors (Lipinski definition) is 0. The molecule has 4 aromatic rings. The van der Waals surface area contributed by atoms with Crippen LogP contribution >= 0.6 is 11.6 Å². The zero-order chi connectivity index (χ0) is 21.4. The molecular weight excluding hydrogens is 428 g/mol. The van der Waals surface area contributed by atoms with E-state index < -0.39 is 10.0 Å². The molecule has 1 aliphatic rings. The van der Waals surface area contributed by atoms with Crippen LogP contribution in [0.5, 0.6) is 0 Å². The van der Waals surface area contributed by atoms with E-state index in [9.17, 15) is 8.42 Å². The van der Waals surface area contributed by atoms with Crippen molar-refractivity contribution in [2.24, 2.45) is 0 Å². The molecular formula is C25H19ClN2O2S. The summed E-state index contributed by atoms with van der Waals surface area (Å²) in [6, 6.07) is 15.7. The van der Waals surface area contributed by atoms with E-state index in [1.54, 1.807) is 42.5 Å². The van der Waals surface area contributed by atoms with Crippen LogP contribution in [0.3, 0.4) is 0 Å². The van der Waals surface area contributed by atoms with Crippen molar-refractivity contribution in [1.29, 1.82) is 0 Å². The number of nitrogens with zero attached hydrogens (tertiary/aromatic N) is 2. The van der Waals surface area contributed by atoms with Gasteiger partial charge < -0.3 is 0 Å². The number of fused-ring (bicyclic) bond motifs is 3. The summed E-state index contributed by atoms with van der Waals surface area (Å²) in [5.74, 6) is 6.50. The van der Waals surface area contributed by atoms with E-state index in [2.05, 4.69) is 22.9 Å². The van der Waals surface area contributed by atoms with Gasteiger partial charge in [-0.15, -0.1) is 0 Å². The number of pyridine rings is 1. The Hall–Kier alpha value is -3.07. The summed E-state index contributed by atoms with van der Waals surface area (Å²) >= 11 is 6.21. The zero-order valence-electron chi connectivity index (χ0n) is 16.7. The molecule has 2 heterocycles. The zero-order valence-corrected chi connectivity index (χ0v) is 18.2. The number of hydrogen-bond acceptors (Lipinski definition) is 3. The first-order valence-corrected chi connectivity index (χ1v) is 12.0. The number of halogens is 1. The van der Waals surface area contributed by atoms with E-state index in [0.717, 1.165) is 23.8 Å². The van der Waals surface area contributed by atoms with Gasteiger partial charge in [0.2, 0.25) is 0 Å². The predicted octanol–water partition coefficient (Wildman–Crippen LogP) is 5.93. The van der Waals surface area contributed by atoms with E-state index in [1.165, 1.54) is 28.6 Å². The molecule has 0 unspecified atom stereocenters. The molecule has 2 aromatic heterocycles. The fourth-order valence-electron chi connectivity index (χ4n) is 3.96. The largest absolute Gasteiger partial charge is 0.269 e. The van der Waals surface area contributed by atoms with Gasteiger partial charge in [0.25, 0.3) is 10.0 Å². The minimum Gasteiger partial charge on any atom is -0.236 e. The summed E-state index contributed by atoms with van der Waals surface area (Å²) in [5, 5.41) is 1.89. The molecule has 0 fully saturated rings. The van der Waals surface area contributed by atoms with Crippen LogP contribution in [-0.2, 0) is 10.0 Å². The number of allylic oxidation sites excluding steroid dienone is 2. The third kappa shape index (κ3) is 3.63. The van der Waals surface area contributed by atoms with Gasteiger partial charge in [0.05, 0.1) is 15.4 Å². The monoisotopic (exact) mass is 446 g/mol. The van der Waals surface area contributed by atoms with Crippen molar-refractivity contribution < 1.29 is 8.42 Å². The van der Waals surface area contributed by atoms with Crippen LogP contribution in [-0.4, -0.2) is 17.4 Å². The Morgan fingerprint density at radius 3 is 2.58 bits per heavy atom. The Morgan fingerprint density at radius 2 is 1.81 bits per heavy atom. The lowest BCUT2D eigenvalue weighted by atomic mass is 10.00. The molecule has 154 valence electrons. The standard InChI is InChI=1S/C25H19ClN2O2S/c26-20-16-23-22-15-19(12-11-18-7-3-1-4-8-18)13-14-24(22)28(25(23)27-17-20)31(29,30)21-9-5-2-6-10-21/h2,5-7,9-10,13-17H,1,3-4,8H2. The topological polar surface area (TPSA) is 52.0 Å². The highest BCUT2D eigenvalue weighted by Crippen LogP contribution is 2.33. The molecule has 0 radical (unpaired) electrons. The molecule has 5 rings (SSSR count). The second-order valence-corrected chi connectivity index (χ2v) is 9.79. The summed E-state index contributed by atoms with van der Waals surface area (Å²) in [6.07, 6.45) is 8.17. The van der Waals surface area contributed by atoms with Gasteiger partial charge in [-0.3, -0.25) is 0 Å². The van der Waals surface area contributed by atoms with E-state index in [1.807, 2.05) is 12.1 Å². The lowest BCUT2D eigenvalue weighted by Crippen LogP contribution is -2.13. The fraction of sp³-hybridized carbons (Fsp3) is 0.160. The molecule has 0 N–H and O–H groups in total. The minimum atomic E-state index is -3.84. The van der Waals surface area contributed by atoms with Gasteiger partial charge in [-0.2, -0.15) is 0 Å².